The molecule has 1 aliphatic heterocycles. The molecule has 0 saturated carbocycles. The molecule has 1 aliphatic rings. The molecule has 0 spiro atoms. The average Bonchev–Trinajstić information content (AvgIpc) is 2.59. The van der Waals surface area contributed by atoms with Crippen molar-refractivity contribution >= 4 is 48.0 Å². The highest BCUT2D eigenvalue weighted by Gasteiger charge is 2.36. The van der Waals surface area contributed by atoms with E-state index in [-0.39, 0.29) is 30.4 Å². The first-order valence-electron chi connectivity index (χ1n) is 5.98. The Balaban J connectivity index is 0.00000180. The van der Waals surface area contributed by atoms with Crippen LogP contribution in [0.15, 0.2) is 18.2 Å². The summed E-state index contributed by atoms with van der Waals surface area (Å²) < 4.78 is 5.72. The van der Waals surface area contributed by atoms with Gasteiger partial charge >= 0.3 is 0 Å². The van der Waals surface area contributed by atoms with Gasteiger partial charge in [0.15, 0.2) is 0 Å². The van der Waals surface area contributed by atoms with Crippen LogP contribution in [0.3, 0.4) is 0 Å². The molecule has 7 heteroatoms. The second-order valence-corrected chi connectivity index (χ2v) is 5.60. The van der Waals surface area contributed by atoms with E-state index in [1.807, 2.05) is 18.2 Å². The highest BCUT2D eigenvalue weighted by Crippen LogP contribution is 2.32. The summed E-state index contributed by atoms with van der Waals surface area (Å²) in [6.45, 7) is 3.08. The summed E-state index contributed by atoms with van der Waals surface area (Å²) in [5.41, 5.74) is 0.918. The van der Waals surface area contributed by atoms with Crippen molar-refractivity contribution in [3.63, 3.8) is 0 Å². The summed E-state index contributed by atoms with van der Waals surface area (Å²) in [5, 5.41) is 4.57. The summed E-state index contributed by atoms with van der Waals surface area (Å²) in [5.74, 6) is 0. The number of hydrogen-bond acceptors (Lipinski definition) is 3. The third-order valence-electron chi connectivity index (χ3n) is 3.49. The average molecular weight is 362 g/mol. The van der Waals surface area contributed by atoms with E-state index in [4.69, 9.17) is 27.9 Å². The number of nitrogens with one attached hydrogen (secondary N) is 1. The Bertz CT molecular complexity index is 421. The molecular formula is C13H20Cl4N2O. The van der Waals surface area contributed by atoms with Gasteiger partial charge in [0.1, 0.15) is 0 Å². The maximum atomic E-state index is 6.13. The van der Waals surface area contributed by atoms with E-state index in [2.05, 4.69) is 24.3 Å². The van der Waals surface area contributed by atoms with Crippen LogP contribution in [0.4, 0.5) is 0 Å². The van der Waals surface area contributed by atoms with E-state index in [9.17, 15) is 0 Å². The van der Waals surface area contributed by atoms with Crippen molar-refractivity contribution < 1.29 is 4.74 Å². The summed E-state index contributed by atoms with van der Waals surface area (Å²) in [4.78, 5) is 2.17. The molecule has 20 heavy (non-hydrogen) atoms. The lowest BCUT2D eigenvalue weighted by molar-refractivity contribution is 0.0353. The van der Waals surface area contributed by atoms with Crippen molar-refractivity contribution in [2.75, 3.05) is 40.4 Å². The molecule has 0 amide bonds. The zero-order valence-corrected chi connectivity index (χ0v) is 14.6. The molecule has 0 radical (unpaired) electrons. The van der Waals surface area contributed by atoms with Crippen LogP contribution in [0.2, 0.25) is 10.0 Å². The molecule has 0 bridgehead atoms. The van der Waals surface area contributed by atoms with Gasteiger partial charge < -0.3 is 10.1 Å². The minimum atomic E-state index is -0.204. The normalized spacial score (nSPS) is 22.6. The van der Waals surface area contributed by atoms with Crippen LogP contribution in [0.5, 0.6) is 0 Å². The smallest absolute Gasteiger partial charge is 0.0818 e. The fourth-order valence-corrected chi connectivity index (χ4v) is 2.55. The van der Waals surface area contributed by atoms with Crippen molar-refractivity contribution in [1.29, 1.82) is 0 Å². The third kappa shape index (κ3) is 4.14. The van der Waals surface area contributed by atoms with E-state index < -0.39 is 0 Å². The highest BCUT2D eigenvalue weighted by atomic mass is 35.5. The maximum Gasteiger partial charge on any atom is 0.0818 e. The molecule has 3 nitrogen and oxygen atoms in total. The van der Waals surface area contributed by atoms with Crippen molar-refractivity contribution in [3.8, 4) is 0 Å². The summed E-state index contributed by atoms with van der Waals surface area (Å²) in [6.07, 6.45) is 0. The number of likely N-dealkylation sites (N-methyl/N-ethyl adjacent to an activating group) is 1. The second kappa shape index (κ2) is 8.64. The standard InChI is InChI=1S/C13H18Cl2N2O.2ClH/c1-17(2)13(8-16-5-6-18-9-13)10-3-4-11(14)12(15)7-10;;/h3-4,7,16H,5-6,8-9H2,1-2H3;2*1H. The predicted molar refractivity (Wildman–Crippen MR) is 90.0 cm³/mol. The lowest BCUT2D eigenvalue weighted by atomic mass is 9.89. The van der Waals surface area contributed by atoms with Gasteiger partial charge in [0.25, 0.3) is 0 Å². The Hall–Kier alpha value is 0.260. The monoisotopic (exact) mass is 360 g/mol. The summed E-state index contributed by atoms with van der Waals surface area (Å²) in [6, 6.07) is 5.79. The molecule has 1 fully saturated rings. The van der Waals surface area contributed by atoms with Gasteiger partial charge in [-0.25, -0.2) is 0 Å². The largest absolute Gasteiger partial charge is 0.378 e. The van der Waals surface area contributed by atoms with E-state index in [0.29, 0.717) is 16.7 Å². The van der Waals surface area contributed by atoms with Crippen LogP contribution in [0.1, 0.15) is 5.56 Å². The Kier molecular flexibility index (Phi) is 8.75. The maximum absolute atomic E-state index is 6.13. The lowest BCUT2D eigenvalue weighted by Crippen LogP contribution is -2.50. The fraction of sp³-hybridized carbons (Fsp3) is 0.538. The minimum Gasteiger partial charge on any atom is -0.378 e. The fourth-order valence-electron chi connectivity index (χ4n) is 2.25. The molecule has 1 unspecified atom stereocenters. The Morgan fingerprint density at radius 1 is 1.20 bits per heavy atom. The molecule has 1 aromatic rings. The SMILES string of the molecule is CN(C)C1(c2ccc(Cl)c(Cl)c2)CNCCOC1.Cl.Cl. The van der Waals surface area contributed by atoms with Gasteiger partial charge in [-0.3, -0.25) is 4.90 Å². The first kappa shape index (κ1) is 20.3. The zero-order valence-electron chi connectivity index (χ0n) is 11.5. The van der Waals surface area contributed by atoms with Crippen LogP contribution < -0.4 is 5.32 Å². The molecule has 116 valence electrons. The number of rotatable bonds is 2. The van der Waals surface area contributed by atoms with E-state index in [1.165, 1.54) is 0 Å². The van der Waals surface area contributed by atoms with Gasteiger partial charge in [0.05, 0.1) is 28.8 Å². The van der Waals surface area contributed by atoms with Crippen LogP contribution in [-0.2, 0) is 10.3 Å². The molecule has 2 rings (SSSR count). The quantitative estimate of drug-likeness (QED) is 0.875. The molecule has 1 N–H and O–H groups in total. The van der Waals surface area contributed by atoms with Gasteiger partial charge in [-0.2, -0.15) is 0 Å². The number of benzene rings is 1. The summed E-state index contributed by atoms with van der Waals surface area (Å²) >= 11 is 12.1. The minimum absolute atomic E-state index is 0. The topological polar surface area (TPSA) is 24.5 Å². The molecule has 0 aliphatic carbocycles. The molecular weight excluding hydrogens is 342 g/mol. The number of hydrogen-bond donors (Lipinski definition) is 1. The number of nitrogens with zero attached hydrogens (tertiary/aromatic N) is 1. The molecule has 0 aromatic heterocycles. The van der Waals surface area contributed by atoms with Gasteiger partial charge in [-0.05, 0) is 31.8 Å². The Labute approximate surface area is 142 Å². The lowest BCUT2D eigenvalue weighted by Gasteiger charge is -2.39. The first-order valence-corrected chi connectivity index (χ1v) is 6.73. The van der Waals surface area contributed by atoms with Crippen molar-refractivity contribution in [2.24, 2.45) is 0 Å². The molecule has 1 heterocycles. The van der Waals surface area contributed by atoms with Gasteiger partial charge in [0.2, 0.25) is 0 Å². The first-order chi connectivity index (χ1) is 8.56. The van der Waals surface area contributed by atoms with Gasteiger partial charge in [0, 0.05) is 13.1 Å². The van der Waals surface area contributed by atoms with Crippen LogP contribution in [0, 0.1) is 0 Å². The van der Waals surface area contributed by atoms with E-state index in [0.717, 1.165) is 25.3 Å². The molecule has 1 atom stereocenters. The Morgan fingerprint density at radius 2 is 1.90 bits per heavy atom. The van der Waals surface area contributed by atoms with Gasteiger partial charge in [-0.15, -0.1) is 24.8 Å². The predicted octanol–water partition coefficient (Wildman–Crippen LogP) is 3.21. The van der Waals surface area contributed by atoms with Crippen molar-refractivity contribution in [2.45, 2.75) is 5.54 Å². The molecule has 1 aromatic carbocycles. The van der Waals surface area contributed by atoms with E-state index in [1.54, 1.807) is 0 Å². The van der Waals surface area contributed by atoms with E-state index >= 15 is 0 Å². The Morgan fingerprint density at radius 3 is 2.50 bits per heavy atom. The van der Waals surface area contributed by atoms with Crippen LogP contribution in [0.25, 0.3) is 0 Å². The third-order valence-corrected chi connectivity index (χ3v) is 4.23. The molecule has 1 saturated heterocycles. The van der Waals surface area contributed by atoms with Crippen LogP contribution in [-0.4, -0.2) is 45.3 Å². The second-order valence-electron chi connectivity index (χ2n) is 4.78. The number of halogens is 4. The van der Waals surface area contributed by atoms with Crippen LogP contribution >= 0.6 is 48.0 Å². The number of ether oxygens (including phenoxy) is 1. The van der Waals surface area contributed by atoms with Crippen molar-refractivity contribution in [3.05, 3.63) is 33.8 Å². The zero-order chi connectivity index (χ0) is 13.2. The summed E-state index contributed by atoms with van der Waals surface area (Å²) in [7, 11) is 4.11. The van der Waals surface area contributed by atoms with Gasteiger partial charge in [-0.1, -0.05) is 29.3 Å². The van der Waals surface area contributed by atoms with Crippen molar-refractivity contribution in [1.82, 2.24) is 10.2 Å². The highest BCUT2D eigenvalue weighted by molar-refractivity contribution is 6.42.